The quantitative estimate of drug-likeness (QED) is 0.778. The summed E-state index contributed by atoms with van der Waals surface area (Å²) in [5, 5.41) is 7.54. The van der Waals surface area contributed by atoms with Crippen LogP contribution in [0.4, 0.5) is 0 Å². The Morgan fingerprint density at radius 1 is 1.42 bits per heavy atom. The summed E-state index contributed by atoms with van der Waals surface area (Å²) < 4.78 is 7.52. The van der Waals surface area contributed by atoms with Gasteiger partial charge in [-0.3, -0.25) is 4.68 Å². The van der Waals surface area contributed by atoms with Crippen molar-refractivity contribution in [2.75, 3.05) is 13.1 Å². The average Bonchev–Trinajstić information content (AvgIpc) is 2.97. The van der Waals surface area contributed by atoms with Crippen molar-refractivity contribution in [3.8, 4) is 11.5 Å². The second-order valence-electron chi connectivity index (χ2n) is 5.16. The smallest absolute Gasteiger partial charge is 0.195 e. The number of oxazole rings is 1. The molecule has 0 fully saturated rings. The first-order valence-electron chi connectivity index (χ1n) is 6.80. The minimum absolute atomic E-state index is 0.693. The van der Waals surface area contributed by atoms with Gasteiger partial charge in [0.25, 0.3) is 0 Å². The standard InChI is InChI=1S/C14H22N4O/c1-11(2)9-15-7-4-5-14-16-10-13(19-14)12-6-8-17-18(12)3/h6,8,10-11,15H,4-5,7,9H2,1-3H3. The van der Waals surface area contributed by atoms with Gasteiger partial charge in [0.2, 0.25) is 0 Å². The molecule has 5 nitrogen and oxygen atoms in total. The number of rotatable bonds is 7. The van der Waals surface area contributed by atoms with Crippen LogP contribution in [0.15, 0.2) is 22.9 Å². The molecular weight excluding hydrogens is 240 g/mol. The van der Waals surface area contributed by atoms with Crippen LogP contribution in [-0.2, 0) is 13.5 Å². The fraction of sp³-hybridized carbons (Fsp3) is 0.571. The van der Waals surface area contributed by atoms with E-state index in [1.54, 1.807) is 17.1 Å². The molecule has 0 bridgehead atoms. The molecule has 2 heterocycles. The van der Waals surface area contributed by atoms with Crippen molar-refractivity contribution in [3.63, 3.8) is 0 Å². The number of aromatic nitrogens is 3. The monoisotopic (exact) mass is 262 g/mol. The van der Waals surface area contributed by atoms with E-state index in [9.17, 15) is 0 Å². The lowest BCUT2D eigenvalue weighted by atomic mass is 10.2. The highest BCUT2D eigenvalue weighted by Crippen LogP contribution is 2.19. The van der Waals surface area contributed by atoms with Gasteiger partial charge in [-0.05, 0) is 31.5 Å². The molecule has 0 aliphatic rings. The van der Waals surface area contributed by atoms with E-state index in [1.165, 1.54) is 0 Å². The molecule has 0 spiro atoms. The lowest BCUT2D eigenvalue weighted by molar-refractivity contribution is 0.480. The van der Waals surface area contributed by atoms with E-state index in [0.29, 0.717) is 5.92 Å². The van der Waals surface area contributed by atoms with Gasteiger partial charge in [-0.15, -0.1) is 0 Å². The van der Waals surface area contributed by atoms with Crippen LogP contribution in [0.1, 0.15) is 26.2 Å². The largest absolute Gasteiger partial charge is 0.439 e. The van der Waals surface area contributed by atoms with Crippen LogP contribution >= 0.6 is 0 Å². The molecule has 1 N–H and O–H groups in total. The predicted molar refractivity (Wildman–Crippen MR) is 74.7 cm³/mol. The Balaban J connectivity index is 1.80. The van der Waals surface area contributed by atoms with Crippen molar-refractivity contribution in [3.05, 3.63) is 24.4 Å². The highest BCUT2D eigenvalue weighted by atomic mass is 16.4. The molecular formula is C14H22N4O. The van der Waals surface area contributed by atoms with Crippen molar-refractivity contribution in [1.29, 1.82) is 0 Å². The van der Waals surface area contributed by atoms with Gasteiger partial charge in [-0.25, -0.2) is 4.98 Å². The molecule has 0 saturated carbocycles. The Morgan fingerprint density at radius 2 is 2.26 bits per heavy atom. The molecule has 2 aromatic heterocycles. The minimum atomic E-state index is 0.693. The summed E-state index contributed by atoms with van der Waals surface area (Å²) in [7, 11) is 1.90. The van der Waals surface area contributed by atoms with Gasteiger partial charge in [-0.2, -0.15) is 5.10 Å². The number of nitrogens with one attached hydrogen (secondary N) is 1. The zero-order valence-corrected chi connectivity index (χ0v) is 11.9. The second kappa shape index (κ2) is 6.52. The first-order chi connectivity index (χ1) is 9.16. The van der Waals surface area contributed by atoms with Crippen LogP contribution in [0, 0.1) is 5.92 Å². The highest BCUT2D eigenvalue weighted by molar-refractivity contribution is 5.50. The van der Waals surface area contributed by atoms with Gasteiger partial charge in [-0.1, -0.05) is 13.8 Å². The average molecular weight is 262 g/mol. The lowest BCUT2D eigenvalue weighted by Crippen LogP contribution is -2.21. The van der Waals surface area contributed by atoms with Crippen LogP contribution in [-0.4, -0.2) is 27.9 Å². The van der Waals surface area contributed by atoms with Crippen molar-refractivity contribution in [1.82, 2.24) is 20.1 Å². The van der Waals surface area contributed by atoms with Gasteiger partial charge in [0.1, 0.15) is 5.69 Å². The van der Waals surface area contributed by atoms with E-state index in [4.69, 9.17) is 4.42 Å². The van der Waals surface area contributed by atoms with Crippen LogP contribution < -0.4 is 5.32 Å². The lowest BCUT2D eigenvalue weighted by Gasteiger charge is -2.05. The normalized spacial score (nSPS) is 11.4. The fourth-order valence-corrected chi connectivity index (χ4v) is 1.92. The van der Waals surface area contributed by atoms with E-state index >= 15 is 0 Å². The van der Waals surface area contributed by atoms with E-state index in [2.05, 4.69) is 29.2 Å². The van der Waals surface area contributed by atoms with Crippen molar-refractivity contribution in [2.24, 2.45) is 13.0 Å². The van der Waals surface area contributed by atoms with Crippen LogP contribution in [0.3, 0.4) is 0 Å². The summed E-state index contributed by atoms with van der Waals surface area (Å²) in [6.45, 7) is 6.48. The first-order valence-corrected chi connectivity index (χ1v) is 6.80. The number of hydrogen-bond acceptors (Lipinski definition) is 4. The second-order valence-corrected chi connectivity index (χ2v) is 5.16. The van der Waals surface area contributed by atoms with Crippen LogP contribution in [0.25, 0.3) is 11.5 Å². The van der Waals surface area contributed by atoms with Gasteiger partial charge < -0.3 is 9.73 Å². The topological polar surface area (TPSA) is 55.9 Å². The molecule has 0 aliphatic heterocycles. The van der Waals surface area contributed by atoms with Crippen molar-refractivity contribution in [2.45, 2.75) is 26.7 Å². The maximum Gasteiger partial charge on any atom is 0.195 e. The first kappa shape index (κ1) is 13.8. The Morgan fingerprint density at radius 3 is 2.95 bits per heavy atom. The third-order valence-corrected chi connectivity index (χ3v) is 2.92. The van der Waals surface area contributed by atoms with Crippen molar-refractivity contribution < 1.29 is 4.42 Å². The highest BCUT2D eigenvalue weighted by Gasteiger charge is 2.09. The summed E-state index contributed by atoms with van der Waals surface area (Å²) in [6.07, 6.45) is 5.43. The maximum atomic E-state index is 5.74. The number of aryl methyl sites for hydroxylation is 2. The molecule has 104 valence electrons. The Bertz CT molecular complexity index is 501. The number of nitrogens with zero attached hydrogens (tertiary/aromatic N) is 3. The summed E-state index contributed by atoms with van der Waals surface area (Å²) in [6, 6.07) is 1.93. The van der Waals surface area contributed by atoms with Crippen LogP contribution in [0.2, 0.25) is 0 Å². The van der Waals surface area contributed by atoms with E-state index in [-0.39, 0.29) is 0 Å². The summed E-state index contributed by atoms with van der Waals surface area (Å²) >= 11 is 0. The molecule has 0 amide bonds. The molecule has 19 heavy (non-hydrogen) atoms. The molecule has 0 aromatic carbocycles. The molecule has 0 unspecified atom stereocenters. The zero-order valence-electron chi connectivity index (χ0n) is 11.9. The third kappa shape index (κ3) is 3.92. The summed E-state index contributed by atoms with van der Waals surface area (Å²) in [5.74, 6) is 2.27. The van der Waals surface area contributed by atoms with E-state index in [1.807, 2.05) is 13.1 Å². The molecule has 2 aromatic rings. The SMILES string of the molecule is CC(C)CNCCCc1ncc(-c2ccnn2C)o1. The van der Waals surface area contributed by atoms with Gasteiger partial charge in [0.05, 0.1) is 6.20 Å². The molecule has 0 atom stereocenters. The Kier molecular flexibility index (Phi) is 4.74. The van der Waals surface area contributed by atoms with E-state index < -0.39 is 0 Å². The zero-order chi connectivity index (χ0) is 13.7. The predicted octanol–water partition coefficient (Wildman–Crippen LogP) is 2.25. The van der Waals surface area contributed by atoms with Gasteiger partial charge >= 0.3 is 0 Å². The molecule has 0 radical (unpaired) electrons. The molecule has 0 saturated heterocycles. The third-order valence-electron chi connectivity index (χ3n) is 2.92. The molecule has 5 heteroatoms. The van der Waals surface area contributed by atoms with Gasteiger partial charge in [0.15, 0.2) is 11.7 Å². The van der Waals surface area contributed by atoms with E-state index in [0.717, 1.165) is 43.3 Å². The molecule has 2 rings (SSSR count). The number of hydrogen-bond donors (Lipinski definition) is 1. The Hall–Kier alpha value is -1.62. The minimum Gasteiger partial charge on any atom is -0.439 e. The summed E-state index contributed by atoms with van der Waals surface area (Å²) in [4.78, 5) is 4.31. The molecule has 0 aliphatic carbocycles. The fourth-order valence-electron chi connectivity index (χ4n) is 1.92. The van der Waals surface area contributed by atoms with Gasteiger partial charge in [0, 0.05) is 19.7 Å². The van der Waals surface area contributed by atoms with Crippen molar-refractivity contribution >= 4 is 0 Å². The Labute approximate surface area is 114 Å². The van der Waals surface area contributed by atoms with Crippen LogP contribution in [0.5, 0.6) is 0 Å². The summed E-state index contributed by atoms with van der Waals surface area (Å²) in [5.41, 5.74) is 0.955. The maximum absolute atomic E-state index is 5.74.